The van der Waals surface area contributed by atoms with Crippen LogP contribution < -0.4 is 20.1 Å². The minimum Gasteiger partial charge on any atom is -0.493 e. The first-order chi connectivity index (χ1) is 15.7. The molecule has 172 valence electrons. The van der Waals surface area contributed by atoms with E-state index < -0.39 is 0 Å². The number of ether oxygens (including phenoxy) is 2. The van der Waals surface area contributed by atoms with Gasteiger partial charge in [-0.3, -0.25) is 4.79 Å². The highest BCUT2D eigenvalue weighted by molar-refractivity contribution is 5.80. The molecule has 0 spiro atoms. The van der Waals surface area contributed by atoms with Crippen LogP contribution in [-0.4, -0.2) is 32.2 Å². The molecule has 0 radical (unpaired) electrons. The van der Waals surface area contributed by atoms with Crippen LogP contribution in [-0.2, 0) is 11.2 Å². The maximum atomic E-state index is 12.7. The van der Waals surface area contributed by atoms with E-state index in [1.807, 2.05) is 6.07 Å². The zero-order valence-electron chi connectivity index (χ0n) is 19.4. The van der Waals surface area contributed by atoms with Gasteiger partial charge in [-0.2, -0.15) is 0 Å². The highest BCUT2D eigenvalue weighted by Crippen LogP contribution is 2.37. The summed E-state index contributed by atoms with van der Waals surface area (Å²) in [4.78, 5) is 12.7. The third-order valence-corrected chi connectivity index (χ3v) is 6.71. The molecular weight excluding hydrogens is 400 g/mol. The Morgan fingerprint density at radius 2 is 1.94 bits per heavy atom. The average molecular weight is 437 g/mol. The first kappa shape index (κ1) is 22.5. The van der Waals surface area contributed by atoms with Crippen LogP contribution in [0.5, 0.6) is 11.5 Å². The molecule has 1 saturated carbocycles. The third kappa shape index (κ3) is 5.56. The van der Waals surface area contributed by atoms with E-state index in [2.05, 4.69) is 54.0 Å². The molecule has 5 heteroatoms. The van der Waals surface area contributed by atoms with Crippen LogP contribution in [0.25, 0.3) is 0 Å². The van der Waals surface area contributed by atoms with Gasteiger partial charge in [-0.1, -0.05) is 25.1 Å². The molecule has 2 N–H and O–H groups in total. The van der Waals surface area contributed by atoms with Crippen molar-refractivity contribution < 1.29 is 14.3 Å². The van der Waals surface area contributed by atoms with Crippen LogP contribution in [0, 0.1) is 5.92 Å². The normalized spacial score (nSPS) is 21.2. The van der Waals surface area contributed by atoms with Crippen molar-refractivity contribution in [3.8, 4) is 11.5 Å². The van der Waals surface area contributed by atoms with Crippen LogP contribution in [0.4, 0.5) is 5.69 Å². The van der Waals surface area contributed by atoms with Gasteiger partial charge in [-0.25, -0.2) is 0 Å². The monoisotopic (exact) mass is 436 g/mol. The second-order valence-corrected chi connectivity index (χ2v) is 9.14. The van der Waals surface area contributed by atoms with Gasteiger partial charge in [0.05, 0.1) is 13.2 Å². The Balaban J connectivity index is 1.46. The molecule has 4 rings (SSSR count). The maximum absolute atomic E-state index is 12.7. The first-order valence-electron chi connectivity index (χ1n) is 12.1. The number of methoxy groups -OCH3 is 1. The first-order valence-corrected chi connectivity index (χ1v) is 12.1. The lowest BCUT2D eigenvalue weighted by Crippen LogP contribution is -2.41. The predicted octanol–water partition coefficient (Wildman–Crippen LogP) is 5.30. The van der Waals surface area contributed by atoms with Gasteiger partial charge < -0.3 is 20.1 Å². The fraction of sp³-hybridized carbons (Fsp3) is 0.519. The third-order valence-electron chi connectivity index (χ3n) is 6.71. The Labute approximate surface area is 191 Å². The van der Waals surface area contributed by atoms with Gasteiger partial charge in [0.2, 0.25) is 5.91 Å². The van der Waals surface area contributed by atoms with E-state index in [-0.39, 0.29) is 23.8 Å². The molecule has 0 aromatic heterocycles. The number of carbonyl (C=O) groups excluding carboxylic acids is 1. The topological polar surface area (TPSA) is 59.6 Å². The van der Waals surface area contributed by atoms with Crippen LogP contribution in [0.1, 0.15) is 62.5 Å². The number of carbonyl (C=O) groups is 1. The second-order valence-electron chi connectivity index (χ2n) is 9.14. The summed E-state index contributed by atoms with van der Waals surface area (Å²) in [6, 6.07) is 14.7. The molecule has 2 fully saturated rings. The van der Waals surface area contributed by atoms with E-state index in [0.717, 1.165) is 55.8 Å². The van der Waals surface area contributed by atoms with Crippen LogP contribution in [0.2, 0.25) is 0 Å². The van der Waals surface area contributed by atoms with Crippen molar-refractivity contribution in [2.45, 2.75) is 63.9 Å². The summed E-state index contributed by atoms with van der Waals surface area (Å²) in [5.74, 6) is 2.02. The molecule has 1 heterocycles. The standard InChI is InChI=1S/C27H36N2O3/c1-3-13-28-23-8-6-7-19(15-23)14-21-16-22(18-29-27(21)30)20-11-12-25(31-2)26(17-20)32-24-9-4-5-10-24/h6-8,11-12,15,17,21-22,24,28H,3-5,9-10,13-14,16,18H2,1-2H3,(H,29,30). The van der Waals surface area contributed by atoms with Gasteiger partial charge in [-0.15, -0.1) is 0 Å². The lowest BCUT2D eigenvalue weighted by molar-refractivity contribution is -0.126. The van der Waals surface area contributed by atoms with Crippen LogP contribution >= 0.6 is 0 Å². The SMILES string of the molecule is CCCNc1cccc(CC2CC(c3ccc(OC)c(OC4CCCC4)c3)CNC2=O)c1. The minimum absolute atomic E-state index is 0.0310. The number of anilines is 1. The number of piperidine rings is 1. The molecule has 2 aromatic carbocycles. The summed E-state index contributed by atoms with van der Waals surface area (Å²) < 4.78 is 11.9. The van der Waals surface area contributed by atoms with E-state index in [0.29, 0.717) is 6.54 Å². The fourth-order valence-corrected chi connectivity index (χ4v) is 4.92. The number of benzene rings is 2. The molecule has 0 bridgehead atoms. The summed E-state index contributed by atoms with van der Waals surface area (Å²) in [5.41, 5.74) is 3.54. The van der Waals surface area contributed by atoms with Gasteiger partial charge in [-0.05, 0) is 80.3 Å². The molecule has 1 aliphatic heterocycles. The van der Waals surface area contributed by atoms with Crippen molar-refractivity contribution in [1.82, 2.24) is 5.32 Å². The number of hydrogen-bond acceptors (Lipinski definition) is 4. The van der Waals surface area contributed by atoms with Gasteiger partial charge >= 0.3 is 0 Å². The lowest BCUT2D eigenvalue weighted by atomic mass is 9.82. The molecule has 2 unspecified atom stereocenters. The summed E-state index contributed by atoms with van der Waals surface area (Å²) in [5, 5.41) is 6.58. The van der Waals surface area contributed by atoms with E-state index in [1.54, 1.807) is 7.11 Å². The Morgan fingerprint density at radius 1 is 1.09 bits per heavy atom. The quantitative estimate of drug-likeness (QED) is 0.560. The number of nitrogens with one attached hydrogen (secondary N) is 2. The second kappa shape index (κ2) is 10.8. The lowest BCUT2D eigenvalue weighted by Gasteiger charge is -2.30. The van der Waals surface area contributed by atoms with Crippen molar-refractivity contribution >= 4 is 11.6 Å². The van der Waals surface area contributed by atoms with Gasteiger partial charge in [0.15, 0.2) is 11.5 Å². The van der Waals surface area contributed by atoms with Crippen molar-refractivity contribution in [3.05, 3.63) is 53.6 Å². The minimum atomic E-state index is -0.0310. The summed E-state index contributed by atoms with van der Waals surface area (Å²) in [7, 11) is 1.69. The van der Waals surface area contributed by atoms with Gasteiger partial charge in [0.25, 0.3) is 0 Å². The molecule has 1 aliphatic carbocycles. The van der Waals surface area contributed by atoms with E-state index in [9.17, 15) is 4.79 Å². The summed E-state index contributed by atoms with van der Waals surface area (Å²) in [6.07, 6.45) is 7.66. The number of rotatable bonds is 9. The smallest absolute Gasteiger partial charge is 0.223 e. The zero-order valence-corrected chi connectivity index (χ0v) is 19.4. The molecule has 1 amide bonds. The van der Waals surface area contributed by atoms with Gasteiger partial charge in [0, 0.05) is 30.6 Å². The molecule has 32 heavy (non-hydrogen) atoms. The molecule has 1 saturated heterocycles. The van der Waals surface area contributed by atoms with Gasteiger partial charge in [0.1, 0.15) is 0 Å². The molecule has 2 aliphatic rings. The summed E-state index contributed by atoms with van der Waals surface area (Å²) >= 11 is 0. The zero-order chi connectivity index (χ0) is 22.3. The molecule has 5 nitrogen and oxygen atoms in total. The number of hydrogen-bond donors (Lipinski definition) is 2. The Hall–Kier alpha value is -2.69. The van der Waals surface area contributed by atoms with Crippen LogP contribution in [0.15, 0.2) is 42.5 Å². The maximum Gasteiger partial charge on any atom is 0.223 e. The molecule has 2 aromatic rings. The predicted molar refractivity (Wildman–Crippen MR) is 129 cm³/mol. The molecular formula is C27H36N2O3. The van der Waals surface area contributed by atoms with Crippen molar-refractivity contribution in [3.63, 3.8) is 0 Å². The van der Waals surface area contributed by atoms with E-state index in [1.165, 1.54) is 24.0 Å². The molecule has 2 atom stereocenters. The van der Waals surface area contributed by atoms with Crippen LogP contribution in [0.3, 0.4) is 0 Å². The van der Waals surface area contributed by atoms with E-state index >= 15 is 0 Å². The highest BCUT2D eigenvalue weighted by Gasteiger charge is 2.30. The Morgan fingerprint density at radius 3 is 2.72 bits per heavy atom. The highest BCUT2D eigenvalue weighted by atomic mass is 16.5. The largest absolute Gasteiger partial charge is 0.493 e. The van der Waals surface area contributed by atoms with Crippen molar-refractivity contribution in [1.29, 1.82) is 0 Å². The average Bonchev–Trinajstić information content (AvgIpc) is 3.32. The fourth-order valence-electron chi connectivity index (χ4n) is 4.92. The Bertz CT molecular complexity index is 908. The van der Waals surface area contributed by atoms with E-state index in [4.69, 9.17) is 9.47 Å². The summed E-state index contributed by atoms with van der Waals surface area (Å²) in [6.45, 7) is 3.79. The Kier molecular flexibility index (Phi) is 7.56. The van der Waals surface area contributed by atoms with Crippen molar-refractivity contribution in [2.75, 3.05) is 25.5 Å². The van der Waals surface area contributed by atoms with Crippen molar-refractivity contribution in [2.24, 2.45) is 5.92 Å². The number of amides is 1.